The van der Waals surface area contributed by atoms with Crippen LogP contribution in [0.25, 0.3) is 0 Å². The standard InChI is InChI=1S/C13H12BrN3O3/c1-15-7-9-5-6-12(16-8-9)20-11-4-2-3-10(13(11)14)17(18)19/h2-6,8,15H,7H2,1H3. The molecule has 0 amide bonds. The highest BCUT2D eigenvalue weighted by Crippen LogP contribution is 2.35. The van der Waals surface area contributed by atoms with Crippen molar-refractivity contribution in [3.8, 4) is 11.6 Å². The molecule has 1 aromatic carbocycles. The van der Waals surface area contributed by atoms with Gasteiger partial charge < -0.3 is 10.1 Å². The van der Waals surface area contributed by atoms with Crippen LogP contribution >= 0.6 is 15.9 Å². The van der Waals surface area contributed by atoms with Crippen molar-refractivity contribution in [1.82, 2.24) is 10.3 Å². The van der Waals surface area contributed by atoms with Gasteiger partial charge in [0.05, 0.1) is 4.92 Å². The predicted octanol–water partition coefficient (Wildman–Crippen LogP) is 3.26. The molecule has 7 heteroatoms. The van der Waals surface area contributed by atoms with Gasteiger partial charge in [-0.15, -0.1) is 0 Å². The fourth-order valence-electron chi connectivity index (χ4n) is 1.61. The van der Waals surface area contributed by atoms with Gasteiger partial charge >= 0.3 is 0 Å². The molecule has 6 nitrogen and oxygen atoms in total. The third-order valence-electron chi connectivity index (χ3n) is 2.53. The zero-order valence-corrected chi connectivity index (χ0v) is 12.3. The normalized spacial score (nSPS) is 10.3. The van der Waals surface area contributed by atoms with Crippen LogP contribution < -0.4 is 10.1 Å². The predicted molar refractivity (Wildman–Crippen MR) is 77.9 cm³/mol. The van der Waals surface area contributed by atoms with Crippen molar-refractivity contribution >= 4 is 21.6 Å². The zero-order chi connectivity index (χ0) is 14.5. The lowest BCUT2D eigenvalue weighted by molar-refractivity contribution is -0.385. The summed E-state index contributed by atoms with van der Waals surface area (Å²) in [6.45, 7) is 0.716. The van der Waals surface area contributed by atoms with Crippen LogP contribution in [0.5, 0.6) is 11.6 Å². The summed E-state index contributed by atoms with van der Waals surface area (Å²) in [7, 11) is 1.85. The number of aromatic nitrogens is 1. The molecule has 2 rings (SSSR count). The maximum Gasteiger partial charge on any atom is 0.287 e. The van der Waals surface area contributed by atoms with E-state index < -0.39 is 4.92 Å². The average molecular weight is 338 g/mol. The fraction of sp³-hybridized carbons (Fsp3) is 0.154. The number of hydrogen-bond acceptors (Lipinski definition) is 5. The van der Waals surface area contributed by atoms with Gasteiger partial charge in [0, 0.05) is 24.9 Å². The van der Waals surface area contributed by atoms with Crippen LogP contribution in [-0.4, -0.2) is 17.0 Å². The van der Waals surface area contributed by atoms with Gasteiger partial charge in [-0.25, -0.2) is 4.98 Å². The quantitative estimate of drug-likeness (QED) is 0.669. The molecule has 0 radical (unpaired) electrons. The van der Waals surface area contributed by atoms with E-state index in [1.54, 1.807) is 24.4 Å². The van der Waals surface area contributed by atoms with Crippen LogP contribution in [0.4, 0.5) is 5.69 Å². The largest absolute Gasteiger partial charge is 0.438 e. The van der Waals surface area contributed by atoms with Crippen LogP contribution in [0.1, 0.15) is 5.56 Å². The van der Waals surface area contributed by atoms with E-state index in [0.29, 0.717) is 22.6 Å². The van der Waals surface area contributed by atoms with Gasteiger partial charge in [0.2, 0.25) is 5.88 Å². The lowest BCUT2D eigenvalue weighted by Crippen LogP contribution is -2.05. The van der Waals surface area contributed by atoms with E-state index in [1.165, 1.54) is 6.07 Å². The number of ether oxygens (including phenoxy) is 1. The number of hydrogen-bond donors (Lipinski definition) is 1. The summed E-state index contributed by atoms with van der Waals surface area (Å²) in [5.41, 5.74) is 0.979. The Morgan fingerprint density at radius 2 is 2.20 bits per heavy atom. The minimum atomic E-state index is -0.472. The van der Waals surface area contributed by atoms with Crippen LogP contribution in [0.2, 0.25) is 0 Å². The summed E-state index contributed by atoms with van der Waals surface area (Å²) < 4.78 is 5.85. The van der Waals surface area contributed by atoms with E-state index in [0.717, 1.165) is 5.56 Å². The molecule has 0 unspecified atom stereocenters. The maximum atomic E-state index is 10.8. The highest BCUT2D eigenvalue weighted by Gasteiger charge is 2.16. The van der Waals surface area contributed by atoms with Gasteiger partial charge in [-0.2, -0.15) is 0 Å². The molecule has 0 aliphatic rings. The first kappa shape index (κ1) is 14.4. The number of nitrogens with zero attached hydrogens (tertiary/aromatic N) is 2. The van der Waals surface area contributed by atoms with Gasteiger partial charge in [-0.05, 0) is 34.6 Å². The number of pyridine rings is 1. The number of halogens is 1. The second-order valence-electron chi connectivity index (χ2n) is 3.98. The zero-order valence-electron chi connectivity index (χ0n) is 10.7. The first-order chi connectivity index (χ1) is 9.61. The molecule has 0 bridgehead atoms. The Morgan fingerprint density at radius 3 is 2.80 bits per heavy atom. The van der Waals surface area contributed by atoms with Gasteiger partial charge in [-0.1, -0.05) is 12.1 Å². The van der Waals surface area contributed by atoms with Crippen molar-refractivity contribution in [1.29, 1.82) is 0 Å². The monoisotopic (exact) mass is 337 g/mol. The van der Waals surface area contributed by atoms with Crippen molar-refractivity contribution in [2.75, 3.05) is 7.05 Å². The lowest BCUT2D eigenvalue weighted by atomic mass is 10.3. The van der Waals surface area contributed by atoms with E-state index in [9.17, 15) is 10.1 Å². The Hall–Kier alpha value is -1.99. The summed E-state index contributed by atoms with van der Waals surface area (Å²) in [4.78, 5) is 14.5. The Balaban J connectivity index is 2.21. The molecule has 2 aromatic rings. The lowest BCUT2D eigenvalue weighted by Gasteiger charge is -2.07. The second kappa shape index (κ2) is 6.44. The molecule has 0 atom stereocenters. The number of nitrogens with one attached hydrogen (secondary N) is 1. The van der Waals surface area contributed by atoms with E-state index >= 15 is 0 Å². The number of benzene rings is 1. The molecule has 0 fully saturated rings. The Bertz CT molecular complexity index is 617. The van der Waals surface area contributed by atoms with Gasteiger partial charge in [0.25, 0.3) is 5.69 Å². The molecule has 0 aliphatic heterocycles. The van der Waals surface area contributed by atoms with Crippen LogP contribution in [0.3, 0.4) is 0 Å². The van der Waals surface area contributed by atoms with Gasteiger partial charge in [0.1, 0.15) is 4.47 Å². The minimum Gasteiger partial charge on any atom is -0.438 e. The Kier molecular flexibility index (Phi) is 4.65. The van der Waals surface area contributed by atoms with Crippen LogP contribution in [0, 0.1) is 10.1 Å². The summed E-state index contributed by atoms with van der Waals surface area (Å²) in [5.74, 6) is 0.735. The fourth-order valence-corrected chi connectivity index (χ4v) is 2.10. The van der Waals surface area contributed by atoms with Crippen molar-refractivity contribution in [2.24, 2.45) is 0 Å². The third-order valence-corrected chi connectivity index (χ3v) is 3.33. The highest BCUT2D eigenvalue weighted by atomic mass is 79.9. The summed E-state index contributed by atoms with van der Waals surface area (Å²) >= 11 is 3.17. The molecule has 0 saturated heterocycles. The minimum absolute atomic E-state index is 0.0469. The molecule has 0 aliphatic carbocycles. The summed E-state index contributed by atoms with van der Waals surface area (Å²) in [5, 5.41) is 13.9. The Labute approximate surface area is 124 Å². The highest BCUT2D eigenvalue weighted by molar-refractivity contribution is 9.10. The maximum absolute atomic E-state index is 10.8. The molecular weight excluding hydrogens is 326 g/mol. The molecule has 0 spiro atoms. The molecule has 1 aromatic heterocycles. The van der Waals surface area contributed by atoms with Crippen molar-refractivity contribution in [2.45, 2.75) is 6.54 Å². The summed E-state index contributed by atoms with van der Waals surface area (Å²) in [6.07, 6.45) is 1.69. The molecule has 104 valence electrons. The molecule has 1 N–H and O–H groups in total. The number of nitro benzene ring substituents is 1. The van der Waals surface area contributed by atoms with Crippen molar-refractivity contribution in [3.63, 3.8) is 0 Å². The van der Waals surface area contributed by atoms with Gasteiger partial charge in [0.15, 0.2) is 5.75 Å². The van der Waals surface area contributed by atoms with Crippen molar-refractivity contribution < 1.29 is 9.66 Å². The summed E-state index contributed by atoms with van der Waals surface area (Å²) in [6, 6.07) is 8.20. The first-order valence-electron chi connectivity index (χ1n) is 5.82. The third kappa shape index (κ3) is 3.31. The first-order valence-corrected chi connectivity index (χ1v) is 6.61. The molecular formula is C13H12BrN3O3. The molecule has 0 saturated carbocycles. The van der Waals surface area contributed by atoms with Gasteiger partial charge in [-0.3, -0.25) is 10.1 Å². The second-order valence-corrected chi connectivity index (χ2v) is 4.78. The van der Waals surface area contributed by atoms with E-state index in [1.807, 2.05) is 13.1 Å². The number of nitro groups is 1. The SMILES string of the molecule is CNCc1ccc(Oc2cccc([N+](=O)[O-])c2Br)nc1. The van der Waals surface area contributed by atoms with Crippen LogP contribution in [0.15, 0.2) is 41.0 Å². The van der Waals surface area contributed by atoms with Crippen molar-refractivity contribution in [3.05, 3.63) is 56.7 Å². The number of rotatable bonds is 5. The van der Waals surface area contributed by atoms with Crippen LogP contribution in [-0.2, 0) is 6.54 Å². The average Bonchev–Trinajstić information content (AvgIpc) is 2.43. The smallest absolute Gasteiger partial charge is 0.287 e. The Morgan fingerprint density at radius 1 is 1.40 bits per heavy atom. The van der Waals surface area contributed by atoms with E-state index in [4.69, 9.17) is 4.74 Å². The van der Waals surface area contributed by atoms with E-state index in [-0.39, 0.29) is 5.69 Å². The topological polar surface area (TPSA) is 77.3 Å². The van der Waals surface area contributed by atoms with E-state index in [2.05, 4.69) is 26.2 Å². The molecule has 1 heterocycles. The molecule has 20 heavy (non-hydrogen) atoms.